The van der Waals surface area contributed by atoms with Gasteiger partial charge in [0, 0.05) is 0 Å². The Morgan fingerprint density at radius 3 is 2.30 bits per heavy atom. The van der Waals surface area contributed by atoms with Gasteiger partial charge in [-0.05, 0) is 31.4 Å². The zero-order chi connectivity index (χ0) is 14.8. The van der Waals surface area contributed by atoms with Gasteiger partial charge in [0.2, 0.25) is 0 Å². The molecule has 0 bridgehead atoms. The highest BCUT2D eigenvalue weighted by Crippen LogP contribution is 2.17. The SMILES string of the molecule is CCCCCCCC(C)[N+](C)(C)C=Cc1ccccc1. The van der Waals surface area contributed by atoms with E-state index in [0.29, 0.717) is 6.04 Å². The van der Waals surface area contributed by atoms with Gasteiger partial charge in [0.1, 0.15) is 0 Å². The van der Waals surface area contributed by atoms with Crippen LogP contribution in [0.5, 0.6) is 0 Å². The number of rotatable bonds is 9. The van der Waals surface area contributed by atoms with E-state index in [2.05, 4.69) is 70.6 Å². The van der Waals surface area contributed by atoms with Crippen LogP contribution in [0.1, 0.15) is 57.9 Å². The van der Waals surface area contributed by atoms with E-state index >= 15 is 0 Å². The maximum atomic E-state index is 2.37. The van der Waals surface area contributed by atoms with Crippen LogP contribution < -0.4 is 0 Å². The summed E-state index contributed by atoms with van der Waals surface area (Å²) in [6.07, 6.45) is 12.8. The fourth-order valence-electron chi connectivity index (χ4n) is 2.37. The van der Waals surface area contributed by atoms with Crippen molar-refractivity contribution in [3.8, 4) is 0 Å². The smallest absolute Gasteiger partial charge is 0.0962 e. The normalized spacial score (nSPS) is 13.8. The molecule has 112 valence electrons. The van der Waals surface area contributed by atoms with Crippen molar-refractivity contribution in [2.75, 3.05) is 14.1 Å². The molecule has 1 rings (SSSR count). The molecular weight excluding hydrogens is 242 g/mol. The molecule has 0 spiro atoms. The lowest BCUT2D eigenvalue weighted by molar-refractivity contribution is -0.863. The van der Waals surface area contributed by atoms with Crippen LogP contribution in [-0.2, 0) is 0 Å². The molecule has 0 radical (unpaired) electrons. The molecule has 1 heteroatoms. The van der Waals surface area contributed by atoms with Crippen LogP contribution in [0, 0.1) is 0 Å². The lowest BCUT2D eigenvalue weighted by Gasteiger charge is -2.32. The minimum atomic E-state index is 0.677. The predicted octanol–water partition coefficient (Wildman–Crippen LogP) is 5.48. The van der Waals surface area contributed by atoms with Gasteiger partial charge in [-0.15, -0.1) is 0 Å². The number of hydrogen-bond acceptors (Lipinski definition) is 0. The number of quaternary nitrogens is 1. The van der Waals surface area contributed by atoms with E-state index in [1.165, 1.54) is 44.1 Å². The van der Waals surface area contributed by atoms with Crippen LogP contribution in [0.4, 0.5) is 0 Å². The third-order valence-electron chi connectivity index (χ3n) is 4.31. The zero-order valence-corrected chi connectivity index (χ0v) is 13.8. The largest absolute Gasteiger partial charge is 0.300 e. The van der Waals surface area contributed by atoms with E-state index in [1.54, 1.807) is 0 Å². The summed E-state index contributed by atoms with van der Waals surface area (Å²) < 4.78 is 0.961. The molecule has 0 heterocycles. The Balaban J connectivity index is 2.40. The van der Waals surface area contributed by atoms with Crippen LogP contribution in [0.2, 0.25) is 0 Å². The lowest BCUT2D eigenvalue weighted by Crippen LogP contribution is -2.42. The first-order valence-corrected chi connectivity index (χ1v) is 8.14. The fraction of sp³-hybridized carbons (Fsp3) is 0.579. The van der Waals surface area contributed by atoms with Crippen LogP contribution in [0.3, 0.4) is 0 Å². The highest BCUT2D eigenvalue weighted by atomic mass is 15.3. The van der Waals surface area contributed by atoms with Crippen LogP contribution in [-0.4, -0.2) is 24.6 Å². The average molecular weight is 274 g/mol. The molecule has 0 fully saturated rings. The summed E-state index contributed by atoms with van der Waals surface area (Å²) in [5, 5.41) is 0. The van der Waals surface area contributed by atoms with E-state index < -0.39 is 0 Å². The summed E-state index contributed by atoms with van der Waals surface area (Å²) in [4.78, 5) is 0. The lowest BCUT2D eigenvalue weighted by atomic mass is 10.1. The second-order valence-electron chi connectivity index (χ2n) is 6.41. The quantitative estimate of drug-likeness (QED) is 0.413. The summed E-state index contributed by atoms with van der Waals surface area (Å²) in [6, 6.07) is 11.2. The Bertz CT molecular complexity index is 378. The summed E-state index contributed by atoms with van der Waals surface area (Å²) in [5.74, 6) is 0. The number of hydrogen-bond donors (Lipinski definition) is 0. The second kappa shape index (κ2) is 8.97. The molecule has 0 aromatic heterocycles. The molecule has 20 heavy (non-hydrogen) atoms. The zero-order valence-electron chi connectivity index (χ0n) is 13.8. The average Bonchev–Trinajstić information content (AvgIpc) is 2.46. The Labute approximate surface area is 125 Å². The maximum absolute atomic E-state index is 2.37. The van der Waals surface area contributed by atoms with Gasteiger partial charge in [-0.1, -0.05) is 62.9 Å². The van der Waals surface area contributed by atoms with Gasteiger partial charge in [-0.3, -0.25) is 4.48 Å². The first-order chi connectivity index (χ1) is 9.56. The fourth-order valence-corrected chi connectivity index (χ4v) is 2.37. The molecule has 0 aliphatic heterocycles. The molecule has 0 saturated carbocycles. The summed E-state index contributed by atoms with van der Waals surface area (Å²) in [6.45, 7) is 4.64. The van der Waals surface area contributed by atoms with Gasteiger partial charge < -0.3 is 0 Å². The van der Waals surface area contributed by atoms with Crippen LogP contribution in [0.25, 0.3) is 6.08 Å². The third-order valence-corrected chi connectivity index (χ3v) is 4.31. The number of benzene rings is 1. The molecule has 1 aromatic carbocycles. The first-order valence-electron chi connectivity index (χ1n) is 8.14. The summed E-state index contributed by atoms with van der Waals surface area (Å²) in [5.41, 5.74) is 1.29. The molecule has 0 saturated heterocycles. The molecule has 1 nitrogen and oxygen atoms in total. The molecule has 1 aromatic rings. The van der Waals surface area contributed by atoms with Crippen LogP contribution >= 0.6 is 0 Å². The van der Waals surface area contributed by atoms with Gasteiger partial charge in [-0.2, -0.15) is 0 Å². The van der Waals surface area contributed by atoms with Crippen molar-refractivity contribution in [1.82, 2.24) is 0 Å². The van der Waals surface area contributed by atoms with Crippen molar-refractivity contribution in [1.29, 1.82) is 0 Å². The van der Waals surface area contributed by atoms with Gasteiger partial charge >= 0.3 is 0 Å². The van der Waals surface area contributed by atoms with Gasteiger partial charge in [-0.25, -0.2) is 0 Å². The van der Waals surface area contributed by atoms with Crippen molar-refractivity contribution in [2.24, 2.45) is 0 Å². The number of nitrogens with zero attached hydrogens (tertiary/aromatic N) is 1. The molecule has 0 N–H and O–H groups in total. The van der Waals surface area contributed by atoms with E-state index in [0.717, 1.165) is 4.48 Å². The highest BCUT2D eigenvalue weighted by Gasteiger charge is 2.20. The second-order valence-corrected chi connectivity index (χ2v) is 6.41. The minimum absolute atomic E-state index is 0.677. The van der Waals surface area contributed by atoms with Crippen molar-refractivity contribution in [3.05, 3.63) is 42.1 Å². The molecule has 0 amide bonds. The van der Waals surface area contributed by atoms with Gasteiger partial charge in [0.15, 0.2) is 0 Å². The maximum Gasteiger partial charge on any atom is 0.0962 e. The van der Waals surface area contributed by atoms with Gasteiger partial charge in [0.05, 0.1) is 26.3 Å². The summed E-state index contributed by atoms with van der Waals surface area (Å²) in [7, 11) is 4.60. The molecule has 0 aliphatic rings. The van der Waals surface area contributed by atoms with E-state index in [9.17, 15) is 0 Å². The van der Waals surface area contributed by atoms with Gasteiger partial charge in [0.25, 0.3) is 0 Å². The third kappa shape index (κ3) is 6.38. The first kappa shape index (κ1) is 17.0. The van der Waals surface area contributed by atoms with E-state index in [4.69, 9.17) is 0 Å². The minimum Gasteiger partial charge on any atom is -0.300 e. The summed E-state index contributed by atoms with van der Waals surface area (Å²) >= 11 is 0. The van der Waals surface area contributed by atoms with Crippen LogP contribution in [0.15, 0.2) is 36.5 Å². The topological polar surface area (TPSA) is 0 Å². The van der Waals surface area contributed by atoms with E-state index in [-0.39, 0.29) is 0 Å². The Kier molecular flexibility index (Phi) is 7.61. The van der Waals surface area contributed by atoms with Crippen molar-refractivity contribution >= 4 is 6.08 Å². The molecule has 1 unspecified atom stereocenters. The van der Waals surface area contributed by atoms with Crippen molar-refractivity contribution in [2.45, 2.75) is 58.4 Å². The monoisotopic (exact) mass is 274 g/mol. The molecule has 0 aliphatic carbocycles. The van der Waals surface area contributed by atoms with Crippen molar-refractivity contribution < 1.29 is 4.48 Å². The standard InChI is InChI=1S/C19H32N/c1-5-6-7-8-10-13-18(2)20(3,4)17-16-19-14-11-9-12-15-19/h9,11-12,14-18H,5-8,10,13H2,1-4H3/q+1. The van der Waals surface area contributed by atoms with Crippen molar-refractivity contribution in [3.63, 3.8) is 0 Å². The highest BCUT2D eigenvalue weighted by molar-refractivity contribution is 5.47. The predicted molar refractivity (Wildman–Crippen MR) is 90.4 cm³/mol. The molecular formula is C19H32N+. The van der Waals surface area contributed by atoms with E-state index in [1.807, 2.05) is 0 Å². The number of unbranched alkanes of at least 4 members (excludes halogenated alkanes) is 4. The molecule has 1 atom stereocenters. The Hall–Kier alpha value is -1.08. The Morgan fingerprint density at radius 2 is 1.65 bits per heavy atom. The Morgan fingerprint density at radius 1 is 1.00 bits per heavy atom.